The van der Waals surface area contributed by atoms with Crippen LogP contribution in [0, 0.1) is 5.92 Å². The Hall–Kier alpha value is -1.34. The fraction of sp³-hybridized carbons (Fsp3) is 0.684. The fourth-order valence-electron chi connectivity index (χ4n) is 2.56. The van der Waals surface area contributed by atoms with Crippen LogP contribution in [-0.2, 0) is 16.0 Å². The van der Waals surface area contributed by atoms with Crippen molar-refractivity contribution >= 4 is 0 Å². The van der Waals surface area contributed by atoms with Crippen LogP contribution >= 0.6 is 0 Å². The van der Waals surface area contributed by atoms with E-state index in [2.05, 4.69) is 18.7 Å². The van der Waals surface area contributed by atoms with Gasteiger partial charge in [0.1, 0.15) is 0 Å². The minimum Gasteiger partial charge on any atom is -0.493 e. The smallest absolute Gasteiger partial charge is 0.165 e. The molecule has 25 heavy (non-hydrogen) atoms. The quantitative estimate of drug-likeness (QED) is 0.585. The van der Waals surface area contributed by atoms with E-state index in [1.807, 2.05) is 18.2 Å². The van der Waals surface area contributed by atoms with Gasteiger partial charge in [-0.05, 0) is 12.0 Å². The Kier molecular flexibility index (Phi) is 10.5. The summed E-state index contributed by atoms with van der Waals surface area (Å²) in [5.74, 6) is 1.88. The van der Waals surface area contributed by atoms with Crippen molar-refractivity contribution in [2.75, 3.05) is 54.2 Å². The number of aliphatic hydroxyl groups is 1. The lowest BCUT2D eigenvalue weighted by Crippen LogP contribution is -2.36. The summed E-state index contributed by atoms with van der Waals surface area (Å²) < 4.78 is 21.6. The minimum absolute atomic E-state index is 0.330. The standard InChI is InChI=1S/C19H33NO5/c1-15(2)13-25-14-17(21)12-20(9-10-22-3)11-16-7-6-8-18(23-4)19(16)24-5/h6-8,15,17,21H,9-14H2,1-5H3/t17-/m0/s1. The molecule has 0 heterocycles. The Labute approximate surface area is 151 Å². The number of rotatable bonds is 13. The molecule has 1 aromatic carbocycles. The molecule has 0 amide bonds. The molecule has 0 saturated heterocycles. The van der Waals surface area contributed by atoms with Gasteiger partial charge in [-0.25, -0.2) is 0 Å². The minimum atomic E-state index is -0.549. The lowest BCUT2D eigenvalue weighted by atomic mass is 10.1. The van der Waals surface area contributed by atoms with E-state index in [9.17, 15) is 5.11 Å². The number of para-hydroxylation sites is 1. The van der Waals surface area contributed by atoms with Crippen LogP contribution in [0.5, 0.6) is 11.5 Å². The van der Waals surface area contributed by atoms with Crippen molar-refractivity contribution < 1.29 is 24.1 Å². The molecule has 0 spiro atoms. The molecule has 6 nitrogen and oxygen atoms in total. The van der Waals surface area contributed by atoms with Crippen molar-refractivity contribution in [1.29, 1.82) is 0 Å². The highest BCUT2D eigenvalue weighted by molar-refractivity contribution is 5.46. The normalized spacial score (nSPS) is 12.6. The number of methoxy groups -OCH3 is 3. The molecule has 0 unspecified atom stereocenters. The Bertz CT molecular complexity index is 481. The third-order valence-corrected chi connectivity index (χ3v) is 3.72. The van der Waals surface area contributed by atoms with Gasteiger partial charge in [0.25, 0.3) is 0 Å². The van der Waals surface area contributed by atoms with E-state index in [-0.39, 0.29) is 0 Å². The van der Waals surface area contributed by atoms with Crippen LogP contribution in [0.1, 0.15) is 19.4 Å². The van der Waals surface area contributed by atoms with E-state index in [0.29, 0.717) is 51.1 Å². The van der Waals surface area contributed by atoms with Gasteiger partial charge in [-0.2, -0.15) is 0 Å². The molecular formula is C19H33NO5. The zero-order valence-corrected chi connectivity index (χ0v) is 16.2. The zero-order chi connectivity index (χ0) is 18.7. The second-order valence-corrected chi connectivity index (χ2v) is 6.47. The van der Waals surface area contributed by atoms with Gasteiger partial charge in [0.05, 0.1) is 33.5 Å². The predicted octanol–water partition coefficient (Wildman–Crippen LogP) is 2.19. The first-order chi connectivity index (χ1) is 12.0. The lowest BCUT2D eigenvalue weighted by molar-refractivity contribution is 0.00324. The number of aliphatic hydroxyl groups excluding tert-OH is 1. The van der Waals surface area contributed by atoms with Gasteiger partial charge in [-0.15, -0.1) is 0 Å². The Morgan fingerprint density at radius 3 is 2.44 bits per heavy atom. The van der Waals surface area contributed by atoms with Gasteiger partial charge in [-0.3, -0.25) is 4.90 Å². The highest BCUT2D eigenvalue weighted by Gasteiger charge is 2.16. The maximum atomic E-state index is 10.3. The first kappa shape index (κ1) is 21.7. The third-order valence-electron chi connectivity index (χ3n) is 3.72. The number of ether oxygens (including phenoxy) is 4. The Balaban J connectivity index is 2.72. The second kappa shape index (κ2) is 12.1. The van der Waals surface area contributed by atoms with Gasteiger partial charge >= 0.3 is 0 Å². The highest BCUT2D eigenvalue weighted by Crippen LogP contribution is 2.31. The van der Waals surface area contributed by atoms with Crippen molar-refractivity contribution in [3.05, 3.63) is 23.8 Å². The number of hydrogen-bond acceptors (Lipinski definition) is 6. The number of benzene rings is 1. The van der Waals surface area contributed by atoms with E-state index in [1.165, 1.54) is 0 Å². The zero-order valence-electron chi connectivity index (χ0n) is 16.2. The summed E-state index contributed by atoms with van der Waals surface area (Å²) in [6.07, 6.45) is -0.549. The van der Waals surface area contributed by atoms with Crippen LogP contribution in [-0.4, -0.2) is 70.3 Å². The van der Waals surface area contributed by atoms with E-state index < -0.39 is 6.10 Å². The Morgan fingerprint density at radius 1 is 1.08 bits per heavy atom. The van der Waals surface area contributed by atoms with Gasteiger partial charge in [0, 0.05) is 38.9 Å². The number of nitrogens with zero attached hydrogens (tertiary/aromatic N) is 1. The van der Waals surface area contributed by atoms with Crippen molar-refractivity contribution in [2.45, 2.75) is 26.5 Å². The molecular weight excluding hydrogens is 322 g/mol. The van der Waals surface area contributed by atoms with Crippen molar-refractivity contribution in [3.8, 4) is 11.5 Å². The van der Waals surface area contributed by atoms with Crippen LogP contribution in [0.25, 0.3) is 0 Å². The summed E-state index contributed by atoms with van der Waals surface area (Å²) in [6, 6.07) is 5.81. The molecule has 1 N–H and O–H groups in total. The average Bonchev–Trinajstić information content (AvgIpc) is 2.58. The third kappa shape index (κ3) is 8.05. The maximum Gasteiger partial charge on any atom is 0.165 e. The van der Waals surface area contributed by atoms with Gasteiger partial charge in [-0.1, -0.05) is 26.0 Å². The van der Waals surface area contributed by atoms with E-state index >= 15 is 0 Å². The van der Waals surface area contributed by atoms with Gasteiger partial charge < -0.3 is 24.1 Å². The van der Waals surface area contributed by atoms with Crippen LogP contribution < -0.4 is 9.47 Å². The van der Waals surface area contributed by atoms with Gasteiger partial charge in [0.15, 0.2) is 11.5 Å². The SMILES string of the molecule is COCCN(Cc1cccc(OC)c1OC)C[C@H](O)COCC(C)C. The first-order valence-electron chi connectivity index (χ1n) is 8.68. The molecule has 0 bridgehead atoms. The molecule has 1 atom stereocenters. The molecule has 0 fully saturated rings. The molecule has 0 saturated carbocycles. The van der Waals surface area contributed by atoms with Crippen molar-refractivity contribution in [2.24, 2.45) is 5.92 Å². The van der Waals surface area contributed by atoms with Crippen LogP contribution in [0.2, 0.25) is 0 Å². The number of hydrogen-bond donors (Lipinski definition) is 1. The van der Waals surface area contributed by atoms with Crippen LogP contribution in [0.3, 0.4) is 0 Å². The Morgan fingerprint density at radius 2 is 1.84 bits per heavy atom. The molecule has 6 heteroatoms. The molecule has 0 aliphatic heterocycles. The molecule has 0 aliphatic carbocycles. The topological polar surface area (TPSA) is 60.4 Å². The van der Waals surface area contributed by atoms with Crippen molar-refractivity contribution in [3.63, 3.8) is 0 Å². The average molecular weight is 355 g/mol. The largest absolute Gasteiger partial charge is 0.493 e. The van der Waals surface area contributed by atoms with E-state index in [0.717, 1.165) is 11.3 Å². The summed E-state index contributed by atoms with van der Waals surface area (Å²) in [4.78, 5) is 2.13. The second-order valence-electron chi connectivity index (χ2n) is 6.47. The monoisotopic (exact) mass is 355 g/mol. The summed E-state index contributed by atoms with van der Waals surface area (Å²) in [6.45, 7) is 7.59. The van der Waals surface area contributed by atoms with Crippen LogP contribution in [0.15, 0.2) is 18.2 Å². The highest BCUT2D eigenvalue weighted by atomic mass is 16.5. The van der Waals surface area contributed by atoms with E-state index in [4.69, 9.17) is 18.9 Å². The fourth-order valence-corrected chi connectivity index (χ4v) is 2.56. The molecule has 144 valence electrons. The van der Waals surface area contributed by atoms with Gasteiger partial charge in [0.2, 0.25) is 0 Å². The molecule has 1 aromatic rings. The maximum absolute atomic E-state index is 10.3. The van der Waals surface area contributed by atoms with E-state index in [1.54, 1.807) is 21.3 Å². The van der Waals surface area contributed by atoms with Crippen molar-refractivity contribution in [1.82, 2.24) is 4.90 Å². The molecule has 0 aliphatic rings. The summed E-state index contributed by atoms with van der Waals surface area (Å²) in [7, 11) is 4.93. The summed E-state index contributed by atoms with van der Waals surface area (Å²) in [5, 5.41) is 10.3. The summed E-state index contributed by atoms with van der Waals surface area (Å²) >= 11 is 0. The molecule has 0 aromatic heterocycles. The lowest BCUT2D eigenvalue weighted by Gasteiger charge is -2.26. The predicted molar refractivity (Wildman–Crippen MR) is 98.4 cm³/mol. The first-order valence-corrected chi connectivity index (χ1v) is 8.68. The molecule has 1 rings (SSSR count). The summed E-state index contributed by atoms with van der Waals surface area (Å²) in [5.41, 5.74) is 1.01. The van der Waals surface area contributed by atoms with Crippen LogP contribution in [0.4, 0.5) is 0 Å². The molecule has 0 radical (unpaired) electrons.